The average Bonchev–Trinajstić information content (AvgIpc) is 2.62. The highest BCUT2D eigenvalue weighted by molar-refractivity contribution is 6.07. The summed E-state index contributed by atoms with van der Waals surface area (Å²) in [6.45, 7) is 3.83. The molecular formula is C18H18N2O5. The zero-order valence-electron chi connectivity index (χ0n) is 14.2. The molecule has 0 saturated heterocycles. The Bertz CT molecular complexity index is 845. The highest BCUT2D eigenvalue weighted by atomic mass is 16.6. The molecule has 0 aliphatic heterocycles. The fourth-order valence-electron chi connectivity index (χ4n) is 2.47. The Morgan fingerprint density at radius 3 is 2.48 bits per heavy atom. The summed E-state index contributed by atoms with van der Waals surface area (Å²) in [5.41, 5.74) is 2.11. The molecule has 130 valence electrons. The van der Waals surface area contributed by atoms with Crippen LogP contribution in [0.25, 0.3) is 0 Å². The predicted molar refractivity (Wildman–Crippen MR) is 92.9 cm³/mol. The van der Waals surface area contributed by atoms with Gasteiger partial charge < -0.3 is 10.1 Å². The maximum absolute atomic E-state index is 12.6. The van der Waals surface area contributed by atoms with E-state index in [-0.39, 0.29) is 16.8 Å². The van der Waals surface area contributed by atoms with Gasteiger partial charge in [-0.15, -0.1) is 0 Å². The number of carbonyl (C=O) groups excluding carboxylic acids is 2. The molecule has 0 aromatic heterocycles. The average molecular weight is 342 g/mol. The van der Waals surface area contributed by atoms with Crippen LogP contribution >= 0.6 is 0 Å². The minimum absolute atomic E-state index is 0.0138. The Kier molecular flexibility index (Phi) is 5.49. The number of anilines is 1. The normalized spacial score (nSPS) is 10.2. The van der Waals surface area contributed by atoms with Gasteiger partial charge in [0.15, 0.2) is 0 Å². The lowest BCUT2D eigenvalue weighted by Crippen LogP contribution is -2.16. The largest absolute Gasteiger partial charge is 0.465 e. The number of carbonyl (C=O) groups is 2. The first-order chi connectivity index (χ1) is 11.9. The van der Waals surface area contributed by atoms with Gasteiger partial charge in [-0.05, 0) is 30.5 Å². The second kappa shape index (κ2) is 7.57. The van der Waals surface area contributed by atoms with Gasteiger partial charge in [-0.2, -0.15) is 0 Å². The van der Waals surface area contributed by atoms with E-state index in [2.05, 4.69) is 10.1 Å². The molecular weight excluding hydrogens is 324 g/mol. The number of ether oxygens (including phenoxy) is 1. The standard InChI is InChI=1S/C18H18N2O5/c1-4-12-7-5-6-11(2)16(12)19-17(21)13-8-14(18(22)25-3)10-15(9-13)20(23)24/h5-10H,4H2,1-3H3,(H,19,21). The van der Waals surface area contributed by atoms with Crippen molar-refractivity contribution in [3.8, 4) is 0 Å². The molecule has 0 atom stereocenters. The summed E-state index contributed by atoms with van der Waals surface area (Å²) < 4.78 is 4.59. The number of amides is 1. The fourth-order valence-corrected chi connectivity index (χ4v) is 2.47. The van der Waals surface area contributed by atoms with Crippen molar-refractivity contribution < 1.29 is 19.2 Å². The summed E-state index contributed by atoms with van der Waals surface area (Å²) >= 11 is 0. The zero-order valence-corrected chi connectivity index (χ0v) is 14.2. The molecule has 0 saturated carbocycles. The molecule has 2 rings (SSSR count). The topological polar surface area (TPSA) is 98.5 Å². The number of nitrogens with zero attached hydrogens (tertiary/aromatic N) is 1. The van der Waals surface area contributed by atoms with Gasteiger partial charge >= 0.3 is 5.97 Å². The van der Waals surface area contributed by atoms with Gasteiger partial charge in [0.1, 0.15) is 0 Å². The van der Waals surface area contributed by atoms with Crippen LogP contribution in [0.5, 0.6) is 0 Å². The maximum atomic E-state index is 12.6. The molecule has 7 heteroatoms. The summed E-state index contributed by atoms with van der Waals surface area (Å²) in [6.07, 6.45) is 0.722. The van der Waals surface area contributed by atoms with Crippen molar-refractivity contribution in [3.05, 3.63) is 68.8 Å². The molecule has 25 heavy (non-hydrogen) atoms. The number of hydrogen-bond donors (Lipinski definition) is 1. The molecule has 0 aliphatic carbocycles. The molecule has 2 aromatic rings. The lowest BCUT2D eigenvalue weighted by molar-refractivity contribution is -0.384. The summed E-state index contributed by atoms with van der Waals surface area (Å²) in [6, 6.07) is 9.14. The van der Waals surface area contributed by atoms with Crippen molar-refractivity contribution in [2.75, 3.05) is 12.4 Å². The lowest BCUT2D eigenvalue weighted by Gasteiger charge is -2.13. The number of aryl methyl sites for hydroxylation is 2. The van der Waals surface area contributed by atoms with Crippen LogP contribution in [0.1, 0.15) is 38.8 Å². The summed E-state index contributed by atoms with van der Waals surface area (Å²) in [4.78, 5) is 34.7. The van der Waals surface area contributed by atoms with Crippen molar-refractivity contribution in [2.45, 2.75) is 20.3 Å². The van der Waals surface area contributed by atoms with E-state index in [0.29, 0.717) is 5.69 Å². The Balaban J connectivity index is 2.44. The van der Waals surface area contributed by atoms with E-state index in [0.717, 1.165) is 29.7 Å². The van der Waals surface area contributed by atoms with E-state index in [4.69, 9.17) is 0 Å². The van der Waals surface area contributed by atoms with Crippen molar-refractivity contribution >= 4 is 23.3 Å². The molecule has 1 amide bonds. The summed E-state index contributed by atoms with van der Waals surface area (Å²) in [7, 11) is 1.17. The summed E-state index contributed by atoms with van der Waals surface area (Å²) in [5, 5.41) is 13.9. The first kappa shape index (κ1) is 18.1. The molecule has 0 spiro atoms. The van der Waals surface area contributed by atoms with Gasteiger partial charge in [-0.3, -0.25) is 14.9 Å². The van der Waals surface area contributed by atoms with Gasteiger partial charge in [0.2, 0.25) is 0 Å². The highest BCUT2D eigenvalue weighted by Crippen LogP contribution is 2.23. The van der Waals surface area contributed by atoms with Crippen molar-refractivity contribution in [2.24, 2.45) is 0 Å². The van der Waals surface area contributed by atoms with Gasteiger partial charge in [0.25, 0.3) is 11.6 Å². The van der Waals surface area contributed by atoms with Gasteiger partial charge in [-0.25, -0.2) is 4.79 Å². The Morgan fingerprint density at radius 2 is 1.88 bits per heavy atom. The fraction of sp³-hybridized carbons (Fsp3) is 0.222. The number of rotatable bonds is 5. The van der Waals surface area contributed by atoms with Crippen LogP contribution in [-0.4, -0.2) is 23.9 Å². The molecule has 2 aromatic carbocycles. The molecule has 0 heterocycles. The first-order valence-electron chi connectivity index (χ1n) is 7.65. The van der Waals surface area contributed by atoms with Gasteiger partial charge in [0.05, 0.1) is 17.6 Å². The molecule has 0 unspecified atom stereocenters. The lowest BCUT2D eigenvalue weighted by atomic mass is 10.0. The minimum atomic E-state index is -0.747. The molecule has 0 fully saturated rings. The van der Waals surface area contributed by atoms with E-state index >= 15 is 0 Å². The monoisotopic (exact) mass is 342 g/mol. The third-order valence-electron chi connectivity index (χ3n) is 3.79. The molecule has 7 nitrogen and oxygen atoms in total. The summed E-state index contributed by atoms with van der Waals surface area (Å²) in [5.74, 6) is -1.28. The van der Waals surface area contributed by atoms with Crippen LogP contribution in [0.3, 0.4) is 0 Å². The van der Waals surface area contributed by atoms with Crippen LogP contribution in [0.15, 0.2) is 36.4 Å². The molecule has 1 N–H and O–H groups in total. The maximum Gasteiger partial charge on any atom is 0.338 e. The van der Waals surface area contributed by atoms with Crippen LogP contribution in [0.2, 0.25) is 0 Å². The van der Waals surface area contributed by atoms with Crippen LogP contribution in [0.4, 0.5) is 11.4 Å². The van der Waals surface area contributed by atoms with Crippen LogP contribution < -0.4 is 5.32 Å². The number of benzene rings is 2. The number of nitro benzene ring substituents is 1. The second-order valence-electron chi connectivity index (χ2n) is 5.43. The number of esters is 1. The van der Waals surface area contributed by atoms with Gasteiger partial charge in [0, 0.05) is 23.4 Å². The van der Waals surface area contributed by atoms with E-state index < -0.39 is 16.8 Å². The van der Waals surface area contributed by atoms with E-state index in [1.807, 2.05) is 32.0 Å². The number of nitrogens with one attached hydrogen (secondary N) is 1. The number of hydrogen-bond acceptors (Lipinski definition) is 5. The van der Waals surface area contributed by atoms with E-state index in [9.17, 15) is 19.7 Å². The second-order valence-corrected chi connectivity index (χ2v) is 5.43. The van der Waals surface area contributed by atoms with Crippen molar-refractivity contribution in [1.29, 1.82) is 0 Å². The van der Waals surface area contributed by atoms with E-state index in [1.54, 1.807) is 0 Å². The Morgan fingerprint density at radius 1 is 1.20 bits per heavy atom. The Hall–Kier alpha value is -3.22. The number of methoxy groups -OCH3 is 1. The molecule has 0 radical (unpaired) electrons. The third kappa shape index (κ3) is 4.00. The van der Waals surface area contributed by atoms with Crippen molar-refractivity contribution in [1.82, 2.24) is 0 Å². The zero-order chi connectivity index (χ0) is 18.6. The smallest absolute Gasteiger partial charge is 0.338 e. The van der Waals surface area contributed by atoms with Gasteiger partial charge in [-0.1, -0.05) is 25.1 Å². The van der Waals surface area contributed by atoms with Crippen LogP contribution in [-0.2, 0) is 11.2 Å². The number of para-hydroxylation sites is 1. The quantitative estimate of drug-likeness (QED) is 0.509. The van der Waals surface area contributed by atoms with E-state index in [1.165, 1.54) is 13.2 Å². The van der Waals surface area contributed by atoms with Crippen molar-refractivity contribution in [3.63, 3.8) is 0 Å². The number of nitro groups is 1. The molecule has 0 bridgehead atoms. The first-order valence-corrected chi connectivity index (χ1v) is 7.65. The third-order valence-corrected chi connectivity index (χ3v) is 3.79. The molecule has 0 aliphatic rings. The SMILES string of the molecule is CCc1cccc(C)c1NC(=O)c1cc(C(=O)OC)cc([N+](=O)[O-])c1. The number of non-ortho nitro benzene ring substituents is 1. The predicted octanol–water partition coefficient (Wildman–Crippen LogP) is 3.50. The van der Waals surface area contributed by atoms with Crippen LogP contribution in [0, 0.1) is 17.0 Å². The Labute approximate surface area is 144 Å². The minimum Gasteiger partial charge on any atom is -0.465 e. The highest BCUT2D eigenvalue weighted by Gasteiger charge is 2.19.